The van der Waals surface area contributed by atoms with Gasteiger partial charge >= 0.3 is 0 Å². The average Bonchev–Trinajstić information content (AvgIpc) is 2.33. The van der Waals surface area contributed by atoms with Gasteiger partial charge in [-0.2, -0.15) is 0 Å². The number of halogens is 2. The van der Waals surface area contributed by atoms with E-state index in [1.165, 1.54) is 0 Å². The fourth-order valence-electron chi connectivity index (χ4n) is 1.79. The molecular formula is C12H13BrClNO2. The van der Waals surface area contributed by atoms with Gasteiger partial charge in [0, 0.05) is 11.1 Å². The quantitative estimate of drug-likeness (QED) is 0.910. The minimum absolute atomic E-state index is 0.0892. The third-order valence-electron chi connectivity index (χ3n) is 2.67. The highest BCUT2D eigenvalue weighted by molar-refractivity contribution is 9.10. The summed E-state index contributed by atoms with van der Waals surface area (Å²) in [6.45, 7) is 1.36. The zero-order valence-corrected chi connectivity index (χ0v) is 11.6. The lowest BCUT2D eigenvalue weighted by atomic mass is 10.1. The van der Waals surface area contributed by atoms with Crippen molar-refractivity contribution in [2.75, 3.05) is 13.2 Å². The molecule has 0 saturated carbocycles. The van der Waals surface area contributed by atoms with Crippen molar-refractivity contribution in [2.24, 2.45) is 0 Å². The summed E-state index contributed by atoms with van der Waals surface area (Å²) in [7, 11) is 0. The average molecular weight is 319 g/mol. The van der Waals surface area contributed by atoms with Crippen molar-refractivity contribution in [1.82, 2.24) is 5.32 Å². The lowest BCUT2D eigenvalue weighted by molar-refractivity contribution is 0.0624. The molecule has 1 amide bonds. The Morgan fingerprint density at radius 1 is 1.53 bits per heavy atom. The Labute approximate surface area is 114 Å². The molecule has 1 heterocycles. The summed E-state index contributed by atoms with van der Waals surface area (Å²) in [6.07, 6.45) is 1.94. The van der Waals surface area contributed by atoms with E-state index in [9.17, 15) is 4.79 Å². The normalized spacial score (nSPS) is 20.0. The molecule has 17 heavy (non-hydrogen) atoms. The Kier molecular flexibility index (Phi) is 4.42. The van der Waals surface area contributed by atoms with Gasteiger partial charge in [0.1, 0.15) is 0 Å². The van der Waals surface area contributed by atoms with Crippen molar-refractivity contribution >= 4 is 33.4 Å². The minimum Gasteiger partial charge on any atom is -0.379 e. The molecule has 5 heteroatoms. The molecule has 0 radical (unpaired) electrons. The molecule has 2 rings (SSSR count). The molecule has 92 valence electrons. The van der Waals surface area contributed by atoms with E-state index in [4.69, 9.17) is 16.3 Å². The van der Waals surface area contributed by atoms with Crippen LogP contribution in [0, 0.1) is 0 Å². The molecule has 0 aliphatic carbocycles. The first-order chi connectivity index (χ1) is 8.16. The van der Waals surface area contributed by atoms with Crippen LogP contribution in [0.15, 0.2) is 22.7 Å². The fraction of sp³-hybridized carbons (Fsp3) is 0.417. The van der Waals surface area contributed by atoms with Gasteiger partial charge in [0.15, 0.2) is 0 Å². The number of nitrogens with one attached hydrogen (secondary N) is 1. The third kappa shape index (κ3) is 3.44. The molecule has 0 bridgehead atoms. The predicted molar refractivity (Wildman–Crippen MR) is 70.5 cm³/mol. The first-order valence-electron chi connectivity index (χ1n) is 5.50. The highest BCUT2D eigenvalue weighted by Crippen LogP contribution is 2.21. The van der Waals surface area contributed by atoms with Gasteiger partial charge in [0.25, 0.3) is 5.91 Å². The van der Waals surface area contributed by atoms with Gasteiger partial charge < -0.3 is 10.1 Å². The van der Waals surface area contributed by atoms with Crippen molar-refractivity contribution in [3.8, 4) is 0 Å². The Hall–Kier alpha value is -0.580. The van der Waals surface area contributed by atoms with Crippen LogP contribution in [-0.2, 0) is 4.74 Å². The van der Waals surface area contributed by atoms with Gasteiger partial charge in [0.05, 0.1) is 23.2 Å². The van der Waals surface area contributed by atoms with Crippen LogP contribution in [0.4, 0.5) is 0 Å². The Bertz CT molecular complexity index is 419. The lowest BCUT2D eigenvalue weighted by Crippen LogP contribution is -2.40. The molecule has 1 aliphatic heterocycles. The van der Waals surface area contributed by atoms with E-state index in [1.807, 2.05) is 6.07 Å². The van der Waals surface area contributed by atoms with E-state index >= 15 is 0 Å². The van der Waals surface area contributed by atoms with E-state index in [1.54, 1.807) is 12.1 Å². The number of rotatable bonds is 2. The third-order valence-corrected chi connectivity index (χ3v) is 3.49. The molecule has 1 aromatic carbocycles. The molecule has 1 atom stereocenters. The number of benzene rings is 1. The van der Waals surface area contributed by atoms with Crippen LogP contribution in [-0.4, -0.2) is 25.2 Å². The van der Waals surface area contributed by atoms with E-state index < -0.39 is 0 Å². The minimum atomic E-state index is -0.146. The van der Waals surface area contributed by atoms with Gasteiger partial charge in [-0.15, -0.1) is 0 Å². The largest absolute Gasteiger partial charge is 0.379 e. The fourth-order valence-corrected chi connectivity index (χ4v) is 2.35. The van der Waals surface area contributed by atoms with Crippen LogP contribution in [0.3, 0.4) is 0 Å². The van der Waals surface area contributed by atoms with Crippen molar-refractivity contribution in [1.29, 1.82) is 0 Å². The maximum Gasteiger partial charge on any atom is 0.253 e. The van der Waals surface area contributed by atoms with Crippen LogP contribution in [0.1, 0.15) is 23.2 Å². The number of hydrogen-bond donors (Lipinski definition) is 1. The standard InChI is InChI=1S/C12H13BrClNO2/c13-8-3-4-11(14)10(6-8)12(16)15-9-2-1-5-17-7-9/h3-4,6,9H,1-2,5,7H2,(H,15,16). The Balaban J connectivity index is 2.05. The van der Waals surface area contributed by atoms with Crippen LogP contribution in [0.25, 0.3) is 0 Å². The summed E-state index contributed by atoms with van der Waals surface area (Å²) in [5.41, 5.74) is 0.492. The summed E-state index contributed by atoms with van der Waals surface area (Å²) in [5.74, 6) is -0.146. The lowest BCUT2D eigenvalue weighted by Gasteiger charge is -2.23. The Morgan fingerprint density at radius 3 is 3.06 bits per heavy atom. The van der Waals surface area contributed by atoms with E-state index in [2.05, 4.69) is 21.2 Å². The summed E-state index contributed by atoms with van der Waals surface area (Å²) in [5, 5.41) is 3.39. The first kappa shape index (κ1) is 12.9. The summed E-state index contributed by atoms with van der Waals surface area (Å²) >= 11 is 9.32. The van der Waals surface area contributed by atoms with Crippen molar-refractivity contribution < 1.29 is 9.53 Å². The maximum absolute atomic E-state index is 12.0. The molecule has 1 N–H and O–H groups in total. The zero-order chi connectivity index (χ0) is 12.3. The van der Waals surface area contributed by atoms with E-state index in [0.29, 0.717) is 17.2 Å². The summed E-state index contributed by atoms with van der Waals surface area (Å²) < 4.78 is 6.16. The molecule has 1 aliphatic rings. The molecule has 3 nitrogen and oxygen atoms in total. The van der Waals surface area contributed by atoms with Crippen molar-refractivity contribution in [2.45, 2.75) is 18.9 Å². The maximum atomic E-state index is 12.0. The molecule has 1 saturated heterocycles. The van der Waals surface area contributed by atoms with Gasteiger partial charge in [-0.05, 0) is 31.0 Å². The van der Waals surface area contributed by atoms with Gasteiger partial charge in [-0.25, -0.2) is 0 Å². The monoisotopic (exact) mass is 317 g/mol. The highest BCUT2D eigenvalue weighted by atomic mass is 79.9. The Morgan fingerprint density at radius 2 is 2.35 bits per heavy atom. The smallest absolute Gasteiger partial charge is 0.253 e. The molecule has 1 fully saturated rings. The van der Waals surface area contributed by atoms with Crippen molar-refractivity contribution in [3.63, 3.8) is 0 Å². The second kappa shape index (κ2) is 5.85. The van der Waals surface area contributed by atoms with Crippen molar-refractivity contribution in [3.05, 3.63) is 33.3 Å². The SMILES string of the molecule is O=C(NC1CCCOC1)c1cc(Br)ccc1Cl. The molecule has 1 unspecified atom stereocenters. The molecular weight excluding hydrogens is 305 g/mol. The van der Waals surface area contributed by atoms with E-state index in [-0.39, 0.29) is 11.9 Å². The van der Waals surface area contributed by atoms with Gasteiger partial charge in [-0.1, -0.05) is 27.5 Å². The van der Waals surface area contributed by atoms with Crippen LogP contribution in [0.5, 0.6) is 0 Å². The number of carbonyl (C=O) groups is 1. The second-order valence-corrected chi connectivity index (χ2v) is 5.33. The number of ether oxygens (including phenoxy) is 1. The second-order valence-electron chi connectivity index (χ2n) is 4.01. The topological polar surface area (TPSA) is 38.3 Å². The highest BCUT2D eigenvalue weighted by Gasteiger charge is 2.18. The van der Waals surface area contributed by atoms with Gasteiger partial charge in [0.2, 0.25) is 0 Å². The first-order valence-corrected chi connectivity index (χ1v) is 6.67. The van der Waals surface area contributed by atoms with E-state index in [0.717, 1.165) is 23.9 Å². The van der Waals surface area contributed by atoms with Gasteiger partial charge in [-0.3, -0.25) is 4.79 Å². The molecule has 1 aromatic rings. The molecule has 0 aromatic heterocycles. The number of hydrogen-bond acceptors (Lipinski definition) is 2. The van der Waals surface area contributed by atoms with Crippen LogP contribution >= 0.6 is 27.5 Å². The number of carbonyl (C=O) groups excluding carboxylic acids is 1. The number of amides is 1. The summed E-state index contributed by atoms with van der Waals surface area (Å²) in [4.78, 5) is 12.0. The van der Waals surface area contributed by atoms with Crippen LogP contribution < -0.4 is 5.32 Å². The predicted octanol–water partition coefficient (Wildman–Crippen LogP) is 3.01. The zero-order valence-electron chi connectivity index (χ0n) is 9.21. The van der Waals surface area contributed by atoms with Crippen LogP contribution in [0.2, 0.25) is 5.02 Å². The summed E-state index contributed by atoms with van der Waals surface area (Å²) in [6, 6.07) is 5.33. The molecule has 0 spiro atoms.